The van der Waals surface area contributed by atoms with Crippen LogP contribution in [-0.2, 0) is 11.3 Å². The number of rotatable bonds is 6. The Balaban J connectivity index is 1.89. The largest absolute Gasteiger partial charge is 0.493 e. The Kier molecular flexibility index (Phi) is 5.80. The summed E-state index contributed by atoms with van der Waals surface area (Å²) in [5, 5.41) is 3.28. The first-order valence-corrected chi connectivity index (χ1v) is 7.37. The standard InChI is InChI=1S/C16H24FNO2/c1-12(2)18-10-14-7-15(17)9-16(8-14)20-11-13-3-5-19-6-4-13/h7-9,12-13,18H,3-6,10-11H2,1-2H3. The van der Waals surface area contributed by atoms with Crippen LogP contribution in [0, 0.1) is 11.7 Å². The van der Waals surface area contributed by atoms with Gasteiger partial charge in [-0.05, 0) is 36.5 Å². The first-order chi connectivity index (χ1) is 9.63. The molecule has 0 amide bonds. The van der Waals surface area contributed by atoms with Gasteiger partial charge in [0, 0.05) is 31.9 Å². The molecule has 3 nitrogen and oxygen atoms in total. The van der Waals surface area contributed by atoms with Gasteiger partial charge in [-0.25, -0.2) is 4.39 Å². The van der Waals surface area contributed by atoms with E-state index >= 15 is 0 Å². The number of hydrogen-bond donors (Lipinski definition) is 1. The lowest BCUT2D eigenvalue weighted by molar-refractivity contribution is 0.0497. The molecule has 0 unspecified atom stereocenters. The van der Waals surface area contributed by atoms with Crippen molar-refractivity contribution in [3.05, 3.63) is 29.6 Å². The van der Waals surface area contributed by atoms with Crippen LogP contribution in [0.15, 0.2) is 18.2 Å². The Morgan fingerprint density at radius 3 is 2.75 bits per heavy atom. The molecule has 20 heavy (non-hydrogen) atoms. The second-order valence-corrected chi connectivity index (χ2v) is 5.70. The fourth-order valence-corrected chi connectivity index (χ4v) is 2.26. The van der Waals surface area contributed by atoms with Gasteiger partial charge in [-0.1, -0.05) is 13.8 Å². The van der Waals surface area contributed by atoms with Gasteiger partial charge < -0.3 is 14.8 Å². The first kappa shape index (κ1) is 15.3. The Bertz CT molecular complexity index is 417. The summed E-state index contributed by atoms with van der Waals surface area (Å²) in [6, 6.07) is 5.30. The Hall–Kier alpha value is -1.13. The minimum atomic E-state index is -0.241. The van der Waals surface area contributed by atoms with E-state index in [1.807, 2.05) is 6.07 Å². The maximum atomic E-state index is 13.6. The van der Waals surface area contributed by atoms with E-state index in [9.17, 15) is 4.39 Å². The van der Waals surface area contributed by atoms with Gasteiger partial charge in [0.15, 0.2) is 0 Å². The third-order valence-electron chi connectivity index (χ3n) is 3.47. The van der Waals surface area contributed by atoms with Crippen LogP contribution in [0.3, 0.4) is 0 Å². The van der Waals surface area contributed by atoms with Crippen LogP contribution >= 0.6 is 0 Å². The van der Waals surface area contributed by atoms with Crippen LogP contribution in [0.1, 0.15) is 32.3 Å². The Morgan fingerprint density at radius 2 is 2.05 bits per heavy atom. The van der Waals surface area contributed by atoms with Crippen molar-refractivity contribution in [2.24, 2.45) is 5.92 Å². The van der Waals surface area contributed by atoms with Crippen molar-refractivity contribution in [1.82, 2.24) is 5.32 Å². The SMILES string of the molecule is CC(C)NCc1cc(F)cc(OCC2CCOCC2)c1. The van der Waals surface area contributed by atoms with E-state index in [0.717, 1.165) is 31.6 Å². The third kappa shape index (κ3) is 5.10. The van der Waals surface area contributed by atoms with Gasteiger partial charge in [0.2, 0.25) is 0 Å². The van der Waals surface area contributed by atoms with Crippen molar-refractivity contribution >= 4 is 0 Å². The van der Waals surface area contributed by atoms with Crippen molar-refractivity contribution in [2.75, 3.05) is 19.8 Å². The highest BCUT2D eigenvalue weighted by molar-refractivity contribution is 5.29. The number of halogens is 1. The topological polar surface area (TPSA) is 30.5 Å². The monoisotopic (exact) mass is 281 g/mol. The minimum absolute atomic E-state index is 0.241. The average Bonchev–Trinajstić information content (AvgIpc) is 2.44. The summed E-state index contributed by atoms with van der Waals surface area (Å²) < 4.78 is 24.7. The molecule has 0 radical (unpaired) electrons. The molecule has 1 aromatic carbocycles. The molecule has 0 bridgehead atoms. The van der Waals surface area contributed by atoms with E-state index in [4.69, 9.17) is 9.47 Å². The lowest BCUT2D eigenvalue weighted by Gasteiger charge is -2.22. The molecule has 1 aliphatic rings. The molecule has 1 aromatic rings. The van der Waals surface area contributed by atoms with E-state index < -0.39 is 0 Å². The van der Waals surface area contributed by atoms with Gasteiger partial charge >= 0.3 is 0 Å². The molecular weight excluding hydrogens is 257 g/mol. The number of hydrogen-bond acceptors (Lipinski definition) is 3. The Labute approximate surface area is 120 Å². The van der Waals surface area contributed by atoms with Crippen LogP contribution in [0.2, 0.25) is 0 Å². The molecule has 0 atom stereocenters. The van der Waals surface area contributed by atoms with E-state index in [2.05, 4.69) is 19.2 Å². The summed E-state index contributed by atoms with van der Waals surface area (Å²) in [7, 11) is 0. The summed E-state index contributed by atoms with van der Waals surface area (Å²) in [5.41, 5.74) is 0.917. The van der Waals surface area contributed by atoms with E-state index in [1.54, 1.807) is 6.07 Å². The summed E-state index contributed by atoms with van der Waals surface area (Å²) in [5.74, 6) is 0.899. The van der Waals surface area contributed by atoms with Gasteiger partial charge in [0.25, 0.3) is 0 Å². The average molecular weight is 281 g/mol. The minimum Gasteiger partial charge on any atom is -0.493 e. The zero-order valence-corrected chi connectivity index (χ0v) is 12.3. The fraction of sp³-hybridized carbons (Fsp3) is 0.625. The van der Waals surface area contributed by atoms with Gasteiger partial charge in [-0.3, -0.25) is 0 Å². The third-order valence-corrected chi connectivity index (χ3v) is 3.47. The maximum absolute atomic E-state index is 13.6. The molecule has 2 rings (SSSR count). The van der Waals surface area contributed by atoms with Crippen molar-refractivity contribution in [1.29, 1.82) is 0 Å². The quantitative estimate of drug-likeness (QED) is 0.869. The molecule has 0 aliphatic carbocycles. The smallest absolute Gasteiger partial charge is 0.127 e. The molecule has 1 aliphatic heterocycles. The molecule has 1 saturated heterocycles. The van der Waals surface area contributed by atoms with Crippen molar-refractivity contribution < 1.29 is 13.9 Å². The highest BCUT2D eigenvalue weighted by Gasteiger charge is 2.14. The molecule has 1 fully saturated rings. The fourth-order valence-electron chi connectivity index (χ4n) is 2.26. The van der Waals surface area contributed by atoms with E-state index in [-0.39, 0.29) is 5.82 Å². The molecule has 1 heterocycles. The Morgan fingerprint density at radius 1 is 1.30 bits per heavy atom. The van der Waals surface area contributed by atoms with E-state index in [1.165, 1.54) is 6.07 Å². The van der Waals surface area contributed by atoms with Crippen LogP contribution in [0.25, 0.3) is 0 Å². The normalized spacial score (nSPS) is 16.6. The molecule has 0 saturated carbocycles. The maximum Gasteiger partial charge on any atom is 0.127 e. The van der Waals surface area contributed by atoms with Gasteiger partial charge in [-0.15, -0.1) is 0 Å². The summed E-state index contributed by atoms with van der Waals surface area (Å²) >= 11 is 0. The highest BCUT2D eigenvalue weighted by Crippen LogP contribution is 2.20. The lowest BCUT2D eigenvalue weighted by Crippen LogP contribution is -2.22. The summed E-state index contributed by atoms with van der Waals surface area (Å²) in [4.78, 5) is 0. The van der Waals surface area contributed by atoms with Crippen LogP contribution < -0.4 is 10.1 Å². The predicted octanol–water partition coefficient (Wildman–Crippen LogP) is 3.13. The molecule has 4 heteroatoms. The second-order valence-electron chi connectivity index (χ2n) is 5.70. The van der Waals surface area contributed by atoms with Crippen LogP contribution in [-0.4, -0.2) is 25.9 Å². The number of nitrogens with one attached hydrogen (secondary N) is 1. The zero-order valence-electron chi connectivity index (χ0n) is 12.3. The van der Waals surface area contributed by atoms with Gasteiger partial charge in [-0.2, -0.15) is 0 Å². The zero-order chi connectivity index (χ0) is 14.4. The first-order valence-electron chi connectivity index (χ1n) is 7.37. The summed E-state index contributed by atoms with van der Waals surface area (Å²) in [6.07, 6.45) is 2.05. The lowest BCUT2D eigenvalue weighted by atomic mass is 10.0. The van der Waals surface area contributed by atoms with Crippen molar-refractivity contribution in [3.63, 3.8) is 0 Å². The number of ether oxygens (including phenoxy) is 2. The number of benzene rings is 1. The van der Waals surface area contributed by atoms with Crippen molar-refractivity contribution in [3.8, 4) is 5.75 Å². The highest BCUT2D eigenvalue weighted by atomic mass is 19.1. The van der Waals surface area contributed by atoms with Crippen LogP contribution in [0.4, 0.5) is 4.39 Å². The molecule has 0 aromatic heterocycles. The molecule has 112 valence electrons. The second kappa shape index (κ2) is 7.60. The van der Waals surface area contributed by atoms with Gasteiger partial charge in [0.05, 0.1) is 6.61 Å². The molecular formula is C16H24FNO2. The van der Waals surface area contributed by atoms with Gasteiger partial charge in [0.1, 0.15) is 11.6 Å². The summed E-state index contributed by atoms with van der Waals surface area (Å²) in [6.45, 7) is 7.05. The predicted molar refractivity (Wildman–Crippen MR) is 77.4 cm³/mol. The van der Waals surface area contributed by atoms with Crippen molar-refractivity contribution in [2.45, 2.75) is 39.3 Å². The van der Waals surface area contributed by atoms with E-state index in [0.29, 0.717) is 30.9 Å². The molecule has 1 N–H and O–H groups in total. The van der Waals surface area contributed by atoms with Crippen LogP contribution in [0.5, 0.6) is 5.75 Å². The molecule has 0 spiro atoms.